The molecule has 1 aliphatic rings. The molecule has 6 heteroatoms. The minimum Gasteiger partial charge on any atom is -0.484 e. The van der Waals surface area contributed by atoms with Gasteiger partial charge in [0.05, 0.1) is 0 Å². The van der Waals surface area contributed by atoms with Gasteiger partial charge < -0.3 is 15.0 Å². The molecule has 0 bridgehead atoms. The first kappa shape index (κ1) is 21.6. The van der Waals surface area contributed by atoms with Gasteiger partial charge in [0.15, 0.2) is 6.61 Å². The zero-order valence-electron chi connectivity index (χ0n) is 17.0. The highest BCUT2D eigenvalue weighted by Crippen LogP contribution is 2.35. The van der Waals surface area contributed by atoms with Gasteiger partial charge in [0.25, 0.3) is 5.91 Å². The van der Waals surface area contributed by atoms with E-state index in [-0.39, 0.29) is 29.9 Å². The van der Waals surface area contributed by atoms with Gasteiger partial charge in [-0.2, -0.15) is 0 Å². The van der Waals surface area contributed by atoms with E-state index in [4.69, 9.17) is 16.3 Å². The Balaban J connectivity index is 1.51. The number of ether oxygens (including phenoxy) is 1. The Hall–Kier alpha value is -2.11. The summed E-state index contributed by atoms with van der Waals surface area (Å²) in [5.74, 6) is 0.257. The van der Waals surface area contributed by atoms with Crippen molar-refractivity contribution in [2.45, 2.75) is 43.7 Å². The highest BCUT2D eigenvalue weighted by molar-refractivity contribution is 6.30. The van der Waals surface area contributed by atoms with Gasteiger partial charge in [0, 0.05) is 16.6 Å². The molecule has 0 aromatic heterocycles. The number of amides is 1. The minimum atomic E-state index is -0.197. The van der Waals surface area contributed by atoms with Crippen molar-refractivity contribution >= 4 is 17.5 Å². The number of rotatable bonds is 7. The fourth-order valence-corrected chi connectivity index (χ4v) is 4.26. The standard InChI is InChI=1S/C23H28ClFN2O2/c1-27(2)23(15-17-5-3-7-19(25)13-17)11-9-20(10-12-23)26-22(28)16-29-21-8-4-6-18(24)14-21/h3-8,13-14,20H,9-12,15-16H2,1-2H3,(H,26,28). The average molecular weight is 419 g/mol. The van der Waals surface area contributed by atoms with Gasteiger partial charge in [-0.15, -0.1) is 0 Å². The quantitative estimate of drug-likeness (QED) is 0.721. The van der Waals surface area contributed by atoms with Gasteiger partial charge in [-0.3, -0.25) is 4.79 Å². The molecule has 0 radical (unpaired) electrons. The third kappa shape index (κ3) is 5.94. The van der Waals surface area contributed by atoms with E-state index in [1.54, 1.807) is 36.4 Å². The van der Waals surface area contributed by atoms with Crippen LogP contribution >= 0.6 is 11.6 Å². The predicted octanol–water partition coefficient (Wildman–Crippen LogP) is 4.46. The highest BCUT2D eigenvalue weighted by atomic mass is 35.5. The number of nitrogens with zero attached hydrogens (tertiary/aromatic N) is 1. The maximum atomic E-state index is 13.6. The fraction of sp³-hybridized carbons (Fsp3) is 0.435. The summed E-state index contributed by atoms with van der Waals surface area (Å²) in [5.41, 5.74) is 0.989. The van der Waals surface area contributed by atoms with E-state index in [0.29, 0.717) is 10.8 Å². The zero-order valence-corrected chi connectivity index (χ0v) is 17.7. The second-order valence-electron chi connectivity index (χ2n) is 8.01. The molecule has 2 aromatic carbocycles. The summed E-state index contributed by atoms with van der Waals surface area (Å²) in [4.78, 5) is 14.5. The van der Waals surface area contributed by atoms with Crippen molar-refractivity contribution in [3.05, 3.63) is 64.9 Å². The van der Waals surface area contributed by atoms with Crippen LogP contribution in [0.15, 0.2) is 48.5 Å². The van der Waals surface area contributed by atoms with Gasteiger partial charge in [-0.05, 0) is 82.1 Å². The molecule has 29 heavy (non-hydrogen) atoms. The Labute approximate surface area is 177 Å². The van der Waals surface area contributed by atoms with Crippen LogP contribution in [0.4, 0.5) is 4.39 Å². The summed E-state index contributed by atoms with van der Waals surface area (Å²) in [6.45, 7) is -0.0288. The maximum Gasteiger partial charge on any atom is 0.258 e. The van der Waals surface area contributed by atoms with Crippen LogP contribution in [0.1, 0.15) is 31.2 Å². The Bertz CT molecular complexity index is 835. The molecule has 1 N–H and O–H groups in total. The number of carbonyl (C=O) groups is 1. The van der Waals surface area contributed by atoms with Crippen LogP contribution < -0.4 is 10.1 Å². The minimum absolute atomic E-state index is 0.0215. The van der Waals surface area contributed by atoms with Gasteiger partial charge in [-0.1, -0.05) is 29.8 Å². The number of hydrogen-bond acceptors (Lipinski definition) is 3. The summed E-state index contributed by atoms with van der Waals surface area (Å²) in [6, 6.07) is 14.0. The molecule has 0 saturated heterocycles. The molecule has 1 aliphatic carbocycles. The summed E-state index contributed by atoms with van der Waals surface area (Å²) in [6.07, 6.45) is 4.45. The lowest BCUT2D eigenvalue weighted by Crippen LogP contribution is -2.52. The number of hydrogen-bond donors (Lipinski definition) is 1. The SMILES string of the molecule is CN(C)C1(Cc2cccc(F)c2)CCC(NC(=O)COc2cccc(Cl)c2)CC1. The van der Waals surface area contributed by atoms with E-state index in [0.717, 1.165) is 37.7 Å². The van der Waals surface area contributed by atoms with E-state index in [9.17, 15) is 9.18 Å². The number of halogens is 2. The first-order valence-corrected chi connectivity index (χ1v) is 10.3. The summed E-state index contributed by atoms with van der Waals surface area (Å²) >= 11 is 5.93. The molecule has 0 atom stereocenters. The largest absolute Gasteiger partial charge is 0.484 e. The number of nitrogens with one attached hydrogen (secondary N) is 1. The summed E-state index contributed by atoms with van der Waals surface area (Å²) in [5, 5.41) is 3.66. The lowest BCUT2D eigenvalue weighted by molar-refractivity contribution is -0.124. The van der Waals surface area contributed by atoms with Gasteiger partial charge in [-0.25, -0.2) is 4.39 Å². The topological polar surface area (TPSA) is 41.6 Å². The molecule has 1 amide bonds. The molecule has 1 fully saturated rings. The highest BCUT2D eigenvalue weighted by Gasteiger charge is 2.37. The van der Waals surface area contributed by atoms with Crippen LogP contribution in [0.3, 0.4) is 0 Å². The third-order valence-electron chi connectivity index (χ3n) is 5.82. The fourth-order valence-electron chi connectivity index (χ4n) is 4.08. The van der Waals surface area contributed by atoms with Crippen LogP contribution in [-0.4, -0.2) is 43.1 Å². The third-order valence-corrected chi connectivity index (χ3v) is 6.05. The van der Waals surface area contributed by atoms with Crippen LogP contribution in [0.25, 0.3) is 0 Å². The molecule has 3 rings (SSSR count). The first-order valence-electron chi connectivity index (χ1n) is 9.96. The molecule has 4 nitrogen and oxygen atoms in total. The van der Waals surface area contributed by atoms with E-state index in [2.05, 4.69) is 24.3 Å². The zero-order chi connectivity index (χ0) is 20.9. The molecule has 0 spiro atoms. The lowest BCUT2D eigenvalue weighted by Gasteiger charge is -2.45. The Morgan fingerprint density at radius 2 is 1.93 bits per heavy atom. The average Bonchev–Trinajstić information content (AvgIpc) is 2.68. The van der Waals surface area contributed by atoms with Gasteiger partial charge >= 0.3 is 0 Å². The van der Waals surface area contributed by atoms with Crippen molar-refractivity contribution in [3.63, 3.8) is 0 Å². The molecule has 0 heterocycles. The van der Waals surface area contributed by atoms with E-state index in [1.807, 2.05) is 6.07 Å². The predicted molar refractivity (Wildman–Crippen MR) is 114 cm³/mol. The number of likely N-dealkylation sites (N-methyl/N-ethyl adjacent to an activating group) is 1. The van der Waals surface area contributed by atoms with E-state index in [1.165, 1.54) is 6.07 Å². The summed E-state index contributed by atoms with van der Waals surface area (Å²) in [7, 11) is 4.16. The molecule has 156 valence electrons. The Kier molecular flexibility index (Phi) is 7.14. The summed E-state index contributed by atoms with van der Waals surface area (Å²) < 4.78 is 19.1. The van der Waals surface area contributed by atoms with Crippen LogP contribution in [0.2, 0.25) is 5.02 Å². The van der Waals surface area contributed by atoms with Crippen LogP contribution in [-0.2, 0) is 11.2 Å². The smallest absolute Gasteiger partial charge is 0.258 e. The lowest BCUT2D eigenvalue weighted by atomic mass is 9.75. The molecule has 2 aromatic rings. The van der Waals surface area contributed by atoms with Crippen molar-refractivity contribution < 1.29 is 13.9 Å². The molecule has 0 unspecified atom stereocenters. The molecular weight excluding hydrogens is 391 g/mol. The van der Waals surface area contributed by atoms with E-state index < -0.39 is 0 Å². The molecular formula is C23H28ClFN2O2. The number of benzene rings is 2. The normalized spacial score (nSPS) is 21.8. The first-order chi connectivity index (χ1) is 13.9. The van der Waals surface area contributed by atoms with Crippen molar-refractivity contribution in [3.8, 4) is 5.75 Å². The van der Waals surface area contributed by atoms with Crippen molar-refractivity contribution in [1.82, 2.24) is 10.2 Å². The Morgan fingerprint density at radius 1 is 1.21 bits per heavy atom. The van der Waals surface area contributed by atoms with Crippen molar-refractivity contribution in [1.29, 1.82) is 0 Å². The monoisotopic (exact) mass is 418 g/mol. The van der Waals surface area contributed by atoms with Crippen molar-refractivity contribution in [2.24, 2.45) is 0 Å². The van der Waals surface area contributed by atoms with Gasteiger partial charge in [0.2, 0.25) is 0 Å². The number of carbonyl (C=O) groups excluding carboxylic acids is 1. The molecule has 1 saturated carbocycles. The van der Waals surface area contributed by atoms with E-state index >= 15 is 0 Å². The second kappa shape index (κ2) is 9.59. The van der Waals surface area contributed by atoms with Crippen LogP contribution in [0, 0.1) is 5.82 Å². The second-order valence-corrected chi connectivity index (χ2v) is 8.45. The maximum absolute atomic E-state index is 13.6. The van der Waals surface area contributed by atoms with Crippen LogP contribution in [0.5, 0.6) is 5.75 Å². The van der Waals surface area contributed by atoms with Gasteiger partial charge in [0.1, 0.15) is 11.6 Å². The molecule has 0 aliphatic heterocycles. The Morgan fingerprint density at radius 3 is 2.59 bits per heavy atom. The van der Waals surface area contributed by atoms with Crippen molar-refractivity contribution in [2.75, 3.05) is 20.7 Å².